The molecule has 4 nitrogen and oxygen atoms in total. The van der Waals surface area contributed by atoms with Crippen LogP contribution in [0.1, 0.15) is 25.7 Å². The van der Waals surface area contributed by atoms with E-state index in [2.05, 4.69) is 0 Å². The zero-order chi connectivity index (χ0) is 10.2. The highest BCUT2D eigenvalue weighted by Gasteiger charge is 2.49. The van der Waals surface area contributed by atoms with Crippen molar-refractivity contribution in [1.29, 1.82) is 0 Å². The minimum atomic E-state index is -0.789. The summed E-state index contributed by atoms with van der Waals surface area (Å²) in [5.74, 6) is 0.723. The molecule has 1 aliphatic heterocycles. The Labute approximate surface area is 83.8 Å². The molecule has 0 aromatic rings. The van der Waals surface area contributed by atoms with Gasteiger partial charge in [0.1, 0.15) is 0 Å². The molecule has 80 valence electrons. The van der Waals surface area contributed by atoms with Crippen LogP contribution in [0.5, 0.6) is 0 Å². The van der Waals surface area contributed by atoms with Gasteiger partial charge in [0, 0.05) is 13.7 Å². The molecular formula is C10H17NO3. The van der Waals surface area contributed by atoms with E-state index in [0.717, 1.165) is 31.6 Å². The van der Waals surface area contributed by atoms with E-state index in [1.165, 1.54) is 0 Å². The molecule has 4 heteroatoms. The van der Waals surface area contributed by atoms with Gasteiger partial charge in [-0.05, 0) is 31.6 Å². The number of fused-ring (bicyclic) bond motifs is 2. The fraction of sp³-hybridized carbons (Fsp3) is 0.900. The van der Waals surface area contributed by atoms with E-state index in [1.807, 2.05) is 0 Å². The number of ether oxygens (including phenoxy) is 1. The third-order valence-electron chi connectivity index (χ3n) is 3.66. The number of piperidine rings is 1. The Kier molecular flexibility index (Phi) is 2.39. The molecule has 1 heterocycles. The fourth-order valence-corrected chi connectivity index (χ4v) is 3.03. The number of carboxylic acid groups (broad SMARTS) is 1. The zero-order valence-electron chi connectivity index (χ0n) is 8.53. The lowest BCUT2D eigenvalue weighted by molar-refractivity contribution is 0.00245. The van der Waals surface area contributed by atoms with E-state index in [-0.39, 0.29) is 5.54 Å². The van der Waals surface area contributed by atoms with Gasteiger partial charge in [-0.2, -0.15) is 0 Å². The van der Waals surface area contributed by atoms with E-state index in [0.29, 0.717) is 13.2 Å². The van der Waals surface area contributed by atoms with Gasteiger partial charge in [-0.25, -0.2) is 4.79 Å². The fourth-order valence-electron chi connectivity index (χ4n) is 3.03. The summed E-state index contributed by atoms with van der Waals surface area (Å²) in [6, 6.07) is 0. The molecule has 1 amide bonds. The molecule has 2 atom stereocenters. The number of carbonyl (C=O) groups is 1. The molecule has 2 bridgehead atoms. The standard InChI is InChI=1S/C10H17NO3/c1-14-7-10-4-2-8(6-10)3-5-11(10)9(12)13/h8H,2-7H2,1H3,(H,12,13). The van der Waals surface area contributed by atoms with Gasteiger partial charge in [0.2, 0.25) is 0 Å². The maximum Gasteiger partial charge on any atom is 0.407 e. The van der Waals surface area contributed by atoms with Crippen molar-refractivity contribution >= 4 is 6.09 Å². The van der Waals surface area contributed by atoms with Gasteiger partial charge < -0.3 is 14.7 Å². The molecule has 2 rings (SSSR count). The first kappa shape index (κ1) is 9.77. The maximum atomic E-state index is 11.1. The van der Waals surface area contributed by atoms with Crippen molar-refractivity contribution < 1.29 is 14.6 Å². The average molecular weight is 199 g/mol. The van der Waals surface area contributed by atoms with E-state index < -0.39 is 6.09 Å². The summed E-state index contributed by atoms with van der Waals surface area (Å²) in [5, 5.41) is 9.12. The van der Waals surface area contributed by atoms with E-state index in [1.54, 1.807) is 12.0 Å². The van der Waals surface area contributed by atoms with Crippen molar-refractivity contribution in [3.63, 3.8) is 0 Å². The second-order valence-corrected chi connectivity index (χ2v) is 4.49. The van der Waals surface area contributed by atoms with Crippen LogP contribution in [0, 0.1) is 5.92 Å². The van der Waals surface area contributed by atoms with Crippen molar-refractivity contribution in [2.24, 2.45) is 5.92 Å². The molecule has 1 saturated carbocycles. The lowest BCUT2D eigenvalue weighted by Crippen LogP contribution is -2.55. The summed E-state index contributed by atoms with van der Waals surface area (Å²) in [6.45, 7) is 1.24. The molecule has 1 saturated heterocycles. The normalized spacial score (nSPS) is 36.1. The van der Waals surface area contributed by atoms with Crippen LogP contribution in [0.2, 0.25) is 0 Å². The number of amides is 1. The summed E-state index contributed by atoms with van der Waals surface area (Å²) >= 11 is 0. The van der Waals surface area contributed by atoms with Crippen LogP contribution in [-0.4, -0.2) is 41.9 Å². The average Bonchev–Trinajstić information content (AvgIpc) is 2.44. The van der Waals surface area contributed by atoms with Crippen molar-refractivity contribution in [3.8, 4) is 0 Å². The van der Waals surface area contributed by atoms with E-state index in [4.69, 9.17) is 9.84 Å². The Morgan fingerprint density at radius 1 is 1.64 bits per heavy atom. The quantitative estimate of drug-likeness (QED) is 0.734. The SMILES string of the molecule is COCC12CCC(CCN1C(=O)O)C2. The number of rotatable bonds is 2. The summed E-state index contributed by atoms with van der Waals surface area (Å²) in [4.78, 5) is 12.7. The summed E-state index contributed by atoms with van der Waals surface area (Å²) in [5.41, 5.74) is -0.205. The van der Waals surface area contributed by atoms with E-state index >= 15 is 0 Å². The summed E-state index contributed by atoms with van der Waals surface area (Å²) < 4.78 is 5.18. The topological polar surface area (TPSA) is 49.8 Å². The van der Waals surface area contributed by atoms with Crippen LogP contribution in [0.25, 0.3) is 0 Å². The predicted molar refractivity (Wildman–Crippen MR) is 51.3 cm³/mol. The highest BCUT2D eigenvalue weighted by Crippen LogP contribution is 2.44. The van der Waals surface area contributed by atoms with Gasteiger partial charge in [-0.15, -0.1) is 0 Å². The predicted octanol–water partition coefficient (Wildman–Crippen LogP) is 1.56. The molecule has 0 radical (unpaired) electrons. The van der Waals surface area contributed by atoms with Crippen molar-refractivity contribution in [2.75, 3.05) is 20.3 Å². The van der Waals surface area contributed by atoms with Crippen molar-refractivity contribution in [3.05, 3.63) is 0 Å². The second-order valence-electron chi connectivity index (χ2n) is 4.49. The molecule has 14 heavy (non-hydrogen) atoms. The largest absolute Gasteiger partial charge is 0.465 e. The summed E-state index contributed by atoms with van der Waals surface area (Å²) in [7, 11) is 1.65. The second kappa shape index (κ2) is 3.42. The lowest BCUT2D eigenvalue weighted by atomic mass is 9.89. The highest BCUT2D eigenvalue weighted by molar-refractivity contribution is 5.66. The minimum Gasteiger partial charge on any atom is -0.465 e. The first-order chi connectivity index (χ1) is 6.68. The van der Waals surface area contributed by atoms with Gasteiger partial charge in [0.15, 0.2) is 0 Å². The Hall–Kier alpha value is -0.770. The molecule has 0 aromatic heterocycles. The number of methoxy groups -OCH3 is 1. The minimum absolute atomic E-state index is 0.205. The van der Waals surface area contributed by atoms with Gasteiger partial charge in [-0.3, -0.25) is 0 Å². The van der Waals surface area contributed by atoms with Crippen LogP contribution in [0.15, 0.2) is 0 Å². The Bertz CT molecular complexity index is 240. The number of hydrogen-bond donors (Lipinski definition) is 1. The Morgan fingerprint density at radius 3 is 3.07 bits per heavy atom. The smallest absolute Gasteiger partial charge is 0.407 e. The monoisotopic (exact) mass is 199 g/mol. The molecule has 2 unspecified atom stereocenters. The molecule has 2 fully saturated rings. The highest BCUT2D eigenvalue weighted by atomic mass is 16.5. The van der Waals surface area contributed by atoms with Crippen LogP contribution in [-0.2, 0) is 4.74 Å². The first-order valence-electron chi connectivity index (χ1n) is 5.17. The van der Waals surface area contributed by atoms with Crippen LogP contribution in [0.3, 0.4) is 0 Å². The number of hydrogen-bond acceptors (Lipinski definition) is 2. The Balaban J connectivity index is 2.19. The third-order valence-corrected chi connectivity index (χ3v) is 3.66. The van der Waals surface area contributed by atoms with Crippen LogP contribution in [0.4, 0.5) is 4.79 Å². The Morgan fingerprint density at radius 2 is 2.43 bits per heavy atom. The van der Waals surface area contributed by atoms with Crippen LogP contribution < -0.4 is 0 Å². The van der Waals surface area contributed by atoms with Gasteiger partial charge >= 0.3 is 6.09 Å². The zero-order valence-corrected chi connectivity index (χ0v) is 8.53. The molecule has 2 aliphatic rings. The molecule has 0 aromatic carbocycles. The van der Waals surface area contributed by atoms with Gasteiger partial charge in [0.25, 0.3) is 0 Å². The molecule has 0 spiro atoms. The summed E-state index contributed by atoms with van der Waals surface area (Å²) in [6.07, 6.45) is 3.36. The number of nitrogens with zero attached hydrogens (tertiary/aromatic N) is 1. The van der Waals surface area contributed by atoms with Crippen LogP contribution >= 0.6 is 0 Å². The van der Waals surface area contributed by atoms with Gasteiger partial charge in [0.05, 0.1) is 12.1 Å². The van der Waals surface area contributed by atoms with Crippen molar-refractivity contribution in [2.45, 2.75) is 31.2 Å². The third kappa shape index (κ3) is 1.38. The lowest BCUT2D eigenvalue weighted by Gasteiger charge is -2.42. The van der Waals surface area contributed by atoms with E-state index in [9.17, 15) is 4.79 Å². The van der Waals surface area contributed by atoms with Gasteiger partial charge in [-0.1, -0.05) is 0 Å². The van der Waals surface area contributed by atoms with Crippen molar-refractivity contribution in [1.82, 2.24) is 4.90 Å². The molecule has 1 N–H and O–H groups in total. The molecule has 1 aliphatic carbocycles. The number of likely N-dealkylation sites (tertiary alicyclic amines) is 1. The maximum absolute atomic E-state index is 11.1. The first-order valence-corrected chi connectivity index (χ1v) is 5.17. The molecular weight excluding hydrogens is 182 g/mol.